The Balaban J connectivity index is 1.93. The van der Waals surface area contributed by atoms with E-state index in [4.69, 9.17) is 16.3 Å². The molecule has 0 aromatic heterocycles. The van der Waals surface area contributed by atoms with Crippen molar-refractivity contribution >= 4 is 18.0 Å². The van der Waals surface area contributed by atoms with Gasteiger partial charge in [-0.3, -0.25) is 15.0 Å². The minimum atomic E-state index is -3.01. The Bertz CT molecular complexity index is 848. The molecule has 3 rings (SSSR count). The fraction of sp³-hybridized carbons (Fsp3) is 0.467. The van der Waals surface area contributed by atoms with Crippen molar-refractivity contribution in [2.24, 2.45) is 5.10 Å². The van der Waals surface area contributed by atoms with Crippen LogP contribution in [-0.4, -0.2) is 72.5 Å². The predicted octanol–water partition coefficient (Wildman–Crippen LogP) is 1.08. The minimum Gasteiger partial charge on any atom is -0.441 e. The van der Waals surface area contributed by atoms with Gasteiger partial charge in [-0.1, -0.05) is 12.1 Å². The van der Waals surface area contributed by atoms with E-state index < -0.39 is 30.1 Å². The molecule has 9 heteroatoms. The van der Waals surface area contributed by atoms with Crippen molar-refractivity contribution in [1.29, 1.82) is 0 Å². The molecule has 0 bridgehead atoms. The van der Waals surface area contributed by atoms with E-state index in [1.54, 1.807) is 0 Å². The molecule has 0 aliphatic carbocycles. The molecule has 24 heavy (non-hydrogen) atoms. The van der Waals surface area contributed by atoms with Gasteiger partial charge in [0.25, 0.3) is 5.69 Å². The van der Waals surface area contributed by atoms with Crippen molar-refractivity contribution < 1.29 is 26.0 Å². The number of hydrogen-bond acceptors (Lipinski definition) is 7. The number of para-hydroxylation sites is 1. The summed E-state index contributed by atoms with van der Waals surface area (Å²) in [6, 6.07) is 5.49. The van der Waals surface area contributed by atoms with Gasteiger partial charge in [-0.05, 0) is 6.07 Å². The number of benzene rings is 1. The topological polar surface area (TPSA) is 97.5 Å². The molecule has 1 atom stereocenters. The van der Waals surface area contributed by atoms with Gasteiger partial charge in [0.15, 0.2) is 0 Å². The fourth-order valence-electron chi connectivity index (χ4n) is 2.12. The van der Waals surface area contributed by atoms with Crippen LogP contribution in [0.4, 0.5) is 10.5 Å². The van der Waals surface area contributed by atoms with Crippen LogP contribution in [0.5, 0.6) is 0 Å². The second-order valence-corrected chi connectivity index (χ2v) is 4.89. The van der Waals surface area contributed by atoms with Crippen LogP contribution in [0.2, 0.25) is 0 Å². The van der Waals surface area contributed by atoms with Crippen LogP contribution >= 0.6 is 0 Å². The Labute approximate surface area is 145 Å². The smallest absolute Gasteiger partial charge is 0.430 e. The monoisotopic (exact) mass is 339 g/mol. The third-order valence-electron chi connectivity index (χ3n) is 3.29. The lowest BCUT2D eigenvalue weighted by Crippen LogP contribution is -2.41. The van der Waals surface area contributed by atoms with Gasteiger partial charge in [0.1, 0.15) is 6.08 Å². The van der Waals surface area contributed by atoms with Crippen LogP contribution in [0.3, 0.4) is 0 Å². The van der Waals surface area contributed by atoms with Gasteiger partial charge < -0.3 is 9.47 Å². The lowest BCUT2D eigenvalue weighted by atomic mass is 10.2. The third-order valence-corrected chi connectivity index (χ3v) is 3.29. The number of nitro groups is 1. The zero-order valence-electron chi connectivity index (χ0n) is 17.5. The summed E-state index contributed by atoms with van der Waals surface area (Å²) in [5, 5.41) is 14.9. The number of nitro benzene ring substituents is 1. The first-order valence-electron chi connectivity index (χ1n) is 9.66. The Morgan fingerprint density at radius 3 is 3.00 bits per heavy atom. The largest absolute Gasteiger partial charge is 0.441 e. The second kappa shape index (κ2) is 7.37. The molecule has 0 radical (unpaired) electrons. The lowest BCUT2D eigenvalue weighted by molar-refractivity contribution is -0.385. The molecular formula is C15H18N4O5. The van der Waals surface area contributed by atoms with Crippen LogP contribution in [0.25, 0.3) is 0 Å². The molecule has 2 saturated heterocycles. The summed E-state index contributed by atoms with van der Waals surface area (Å²) in [4.78, 5) is 23.9. The molecule has 1 aromatic carbocycles. The zero-order valence-corrected chi connectivity index (χ0v) is 12.5. The first kappa shape index (κ1) is 11.1. The van der Waals surface area contributed by atoms with Gasteiger partial charge in [0, 0.05) is 28.4 Å². The Hall–Kier alpha value is -2.52. The number of amides is 1. The average molecular weight is 339 g/mol. The number of morpholine rings is 1. The highest BCUT2D eigenvalue weighted by molar-refractivity contribution is 5.86. The van der Waals surface area contributed by atoms with Crippen molar-refractivity contribution in [3.63, 3.8) is 0 Å². The van der Waals surface area contributed by atoms with Crippen LogP contribution in [0.15, 0.2) is 29.4 Å². The maximum Gasteiger partial charge on any atom is 0.430 e. The van der Waals surface area contributed by atoms with Crippen LogP contribution < -0.4 is 0 Å². The molecule has 0 spiro atoms. The number of carbonyl (C=O) groups excluding carboxylic acids is 1. The van der Waals surface area contributed by atoms with Gasteiger partial charge >= 0.3 is 6.09 Å². The van der Waals surface area contributed by atoms with Crippen LogP contribution in [-0.2, 0) is 9.47 Å². The summed E-state index contributed by atoms with van der Waals surface area (Å²) in [7, 11) is 0. The highest BCUT2D eigenvalue weighted by Gasteiger charge is 2.32. The number of carbonyl (C=O) groups is 1. The van der Waals surface area contributed by atoms with Gasteiger partial charge in [0.2, 0.25) is 0 Å². The summed E-state index contributed by atoms with van der Waals surface area (Å²) >= 11 is 0. The van der Waals surface area contributed by atoms with E-state index in [1.165, 1.54) is 29.2 Å². The number of hydrazone groups is 1. The summed E-state index contributed by atoms with van der Waals surface area (Å²) < 4.78 is 51.4. The van der Waals surface area contributed by atoms with Gasteiger partial charge in [-0.15, -0.1) is 0 Å². The molecule has 0 N–H and O–H groups in total. The SMILES string of the molecule is [2H]C([2H])(N1CCOCC1)C1([2H])OC(=O)N(N=Cc2ccccc2[N+](=O)[O-])C1([2H])[2H]. The molecule has 1 aromatic rings. The first-order chi connectivity index (χ1) is 13.5. The molecule has 1 unspecified atom stereocenters. The molecule has 2 heterocycles. The minimum absolute atomic E-state index is 0.000213. The number of rotatable bonds is 5. The van der Waals surface area contributed by atoms with Crippen molar-refractivity contribution in [2.75, 3.05) is 39.3 Å². The molecule has 2 aliphatic rings. The Morgan fingerprint density at radius 2 is 2.25 bits per heavy atom. The van der Waals surface area contributed by atoms with Crippen molar-refractivity contribution in [3.05, 3.63) is 39.9 Å². The van der Waals surface area contributed by atoms with E-state index in [-0.39, 0.29) is 42.6 Å². The quantitative estimate of drug-likeness (QED) is 0.452. The van der Waals surface area contributed by atoms with Gasteiger partial charge in [-0.25, -0.2) is 4.79 Å². The lowest BCUT2D eigenvalue weighted by Gasteiger charge is -2.27. The third kappa shape index (κ3) is 3.87. The molecule has 2 fully saturated rings. The summed E-state index contributed by atoms with van der Waals surface area (Å²) in [5.74, 6) is 0. The number of nitrogens with zero attached hydrogens (tertiary/aromatic N) is 4. The van der Waals surface area contributed by atoms with E-state index >= 15 is 0 Å². The maximum absolute atomic E-state index is 12.3. The number of hydrogen-bond donors (Lipinski definition) is 0. The van der Waals surface area contributed by atoms with Crippen LogP contribution in [0.1, 0.15) is 12.4 Å². The first-order valence-corrected chi connectivity index (χ1v) is 7.16. The number of ether oxygens (including phenoxy) is 2. The molecule has 2 aliphatic heterocycles. The van der Waals surface area contributed by atoms with Crippen molar-refractivity contribution in [2.45, 2.75) is 6.08 Å². The summed E-state index contributed by atoms with van der Waals surface area (Å²) in [6.45, 7) is -5.16. The van der Waals surface area contributed by atoms with E-state index in [0.29, 0.717) is 0 Å². The van der Waals surface area contributed by atoms with E-state index in [0.717, 1.165) is 6.21 Å². The second-order valence-electron chi connectivity index (χ2n) is 4.89. The number of cyclic esters (lactones) is 1. The molecular weight excluding hydrogens is 316 g/mol. The van der Waals surface area contributed by atoms with E-state index in [1.807, 2.05) is 0 Å². The molecule has 128 valence electrons. The van der Waals surface area contributed by atoms with E-state index in [9.17, 15) is 14.9 Å². The van der Waals surface area contributed by atoms with Crippen molar-refractivity contribution in [3.8, 4) is 0 Å². The Kier molecular flexibility index (Phi) is 3.41. The molecule has 1 amide bonds. The van der Waals surface area contributed by atoms with Crippen LogP contribution in [0, 0.1) is 10.1 Å². The molecule has 9 nitrogen and oxygen atoms in total. The fourth-order valence-corrected chi connectivity index (χ4v) is 2.12. The predicted molar refractivity (Wildman–Crippen MR) is 84.9 cm³/mol. The highest BCUT2D eigenvalue weighted by Crippen LogP contribution is 2.17. The summed E-state index contributed by atoms with van der Waals surface area (Å²) in [6.07, 6.45) is -3.45. The van der Waals surface area contributed by atoms with E-state index in [2.05, 4.69) is 5.10 Å². The summed E-state index contributed by atoms with van der Waals surface area (Å²) in [5.41, 5.74) is -0.315. The van der Waals surface area contributed by atoms with Gasteiger partial charge in [0.05, 0.1) is 40.5 Å². The molecule has 0 saturated carbocycles. The standard InChI is InChI=1S/C15H18N4O5/c20-15-18(11-13(24-15)10-17-5-7-23-8-6-17)16-9-12-3-1-2-4-14(12)19(21)22/h1-4,9,13H,5-8,10-11H2/i10D2,11D2,13D. The zero-order chi connectivity index (χ0) is 21.4. The highest BCUT2D eigenvalue weighted by atomic mass is 16.6. The normalized spacial score (nSPS) is 30.9. The van der Waals surface area contributed by atoms with Crippen molar-refractivity contribution in [1.82, 2.24) is 9.91 Å². The maximum atomic E-state index is 12.3. The van der Waals surface area contributed by atoms with Gasteiger partial charge in [-0.2, -0.15) is 10.1 Å². The average Bonchev–Trinajstić information content (AvgIpc) is 2.86. The Morgan fingerprint density at radius 1 is 1.50 bits per heavy atom.